The van der Waals surface area contributed by atoms with Gasteiger partial charge in [0.1, 0.15) is 0 Å². The van der Waals surface area contributed by atoms with Crippen molar-refractivity contribution in [3.05, 3.63) is 72.3 Å². The van der Waals surface area contributed by atoms with E-state index < -0.39 is 34.5 Å². The summed E-state index contributed by atoms with van der Waals surface area (Å²) < 4.78 is 27.6. The first-order valence-electron chi connectivity index (χ1n) is 11.7. The second kappa shape index (κ2) is 11.3. The van der Waals surface area contributed by atoms with Crippen LogP contribution in [0, 0.1) is 11.3 Å². The maximum Gasteiger partial charge on any atom is 0.242 e. The van der Waals surface area contributed by atoms with E-state index in [0.717, 1.165) is 11.1 Å². The summed E-state index contributed by atoms with van der Waals surface area (Å²) in [7, 11) is -4.23. The number of nitriles is 1. The number of fused-ring (bicyclic) bond motifs is 1. The number of aliphatic carboxylic acids is 1. The Kier molecular flexibility index (Phi) is 7.90. The Morgan fingerprint density at radius 2 is 1.74 bits per heavy atom. The molecule has 3 aromatic rings. The SMILES string of the molecule is N#Cc1ccc(N2CCN(CC(=O)NCC(NS(=O)(=O)c3ccc4ccccc4c3)C(=O)[O-])C(=O)C2)cc1. The van der Waals surface area contributed by atoms with E-state index in [1.165, 1.54) is 17.0 Å². The lowest BCUT2D eigenvalue weighted by molar-refractivity contribution is -0.307. The smallest absolute Gasteiger partial charge is 0.242 e. The minimum absolute atomic E-state index is 0.0341. The number of carboxylic acid groups (broad SMARTS) is 1. The predicted octanol–water partition coefficient (Wildman–Crippen LogP) is -0.427. The van der Waals surface area contributed by atoms with Gasteiger partial charge in [0, 0.05) is 25.3 Å². The molecule has 1 aliphatic heterocycles. The minimum Gasteiger partial charge on any atom is -0.548 e. The van der Waals surface area contributed by atoms with Crippen molar-refractivity contribution in [3.63, 3.8) is 0 Å². The maximum atomic E-state index is 12.8. The van der Waals surface area contributed by atoms with E-state index in [4.69, 9.17) is 5.26 Å². The van der Waals surface area contributed by atoms with Gasteiger partial charge in [-0.1, -0.05) is 30.3 Å². The zero-order valence-corrected chi connectivity index (χ0v) is 21.0. The third kappa shape index (κ3) is 6.26. The largest absolute Gasteiger partial charge is 0.548 e. The highest BCUT2D eigenvalue weighted by molar-refractivity contribution is 7.89. The predicted molar refractivity (Wildman–Crippen MR) is 136 cm³/mol. The summed E-state index contributed by atoms with van der Waals surface area (Å²) in [6.07, 6.45) is 0. The van der Waals surface area contributed by atoms with E-state index in [2.05, 4.69) is 10.0 Å². The van der Waals surface area contributed by atoms with E-state index in [1.807, 2.05) is 23.1 Å². The molecule has 1 unspecified atom stereocenters. The number of amides is 2. The van der Waals surface area contributed by atoms with Gasteiger partial charge in [-0.2, -0.15) is 5.26 Å². The number of hydrogen-bond acceptors (Lipinski definition) is 8. The van der Waals surface area contributed by atoms with Crippen molar-refractivity contribution < 1.29 is 27.9 Å². The van der Waals surface area contributed by atoms with E-state index in [9.17, 15) is 27.9 Å². The molecular formula is C26H24N5O6S-. The molecular weight excluding hydrogens is 510 g/mol. The molecule has 0 saturated carbocycles. The highest BCUT2D eigenvalue weighted by atomic mass is 32.2. The van der Waals surface area contributed by atoms with Crippen LogP contribution in [-0.4, -0.2) is 69.9 Å². The molecule has 12 heteroatoms. The highest BCUT2D eigenvalue weighted by Crippen LogP contribution is 2.19. The van der Waals surface area contributed by atoms with Crippen LogP contribution in [0.2, 0.25) is 0 Å². The summed E-state index contributed by atoms with van der Waals surface area (Å²) in [5, 5.41) is 24.4. The van der Waals surface area contributed by atoms with Crippen LogP contribution in [0.15, 0.2) is 71.6 Å². The average Bonchev–Trinajstić information content (AvgIpc) is 2.91. The molecule has 2 amide bonds. The molecule has 1 heterocycles. The maximum absolute atomic E-state index is 12.8. The van der Waals surface area contributed by atoms with E-state index in [0.29, 0.717) is 17.5 Å². The number of nitrogens with zero attached hydrogens (tertiary/aromatic N) is 3. The number of rotatable bonds is 9. The molecule has 0 bridgehead atoms. The third-order valence-corrected chi connectivity index (χ3v) is 7.60. The standard InChI is InChI=1S/C26H25N5O6S/c27-14-18-5-8-21(9-6-18)30-11-12-31(25(33)17-30)16-24(32)28-15-23(26(34)35)29-38(36,37)22-10-7-19-3-1-2-4-20(19)13-22/h1-10,13,23,29H,11-12,15-17H2,(H,28,32)(H,34,35)/p-1. The summed E-state index contributed by atoms with van der Waals surface area (Å²) in [6.45, 7) is -0.125. The normalized spacial score (nSPS) is 14.7. The van der Waals surface area contributed by atoms with Crippen molar-refractivity contribution in [2.45, 2.75) is 10.9 Å². The number of hydrogen-bond donors (Lipinski definition) is 2. The molecule has 38 heavy (non-hydrogen) atoms. The number of nitrogens with one attached hydrogen (secondary N) is 2. The van der Waals surface area contributed by atoms with Crippen molar-refractivity contribution in [3.8, 4) is 6.07 Å². The molecule has 1 atom stereocenters. The van der Waals surface area contributed by atoms with Gasteiger partial charge in [0.25, 0.3) is 0 Å². The Morgan fingerprint density at radius 3 is 2.39 bits per heavy atom. The molecule has 11 nitrogen and oxygen atoms in total. The fourth-order valence-electron chi connectivity index (χ4n) is 4.05. The molecule has 1 fully saturated rings. The fraction of sp³-hybridized carbons (Fsp3) is 0.231. The lowest BCUT2D eigenvalue weighted by Crippen LogP contribution is -2.56. The molecule has 3 aromatic carbocycles. The number of carboxylic acids is 1. The number of anilines is 1. The molecule has 1 aliphatic rings. The summed E-state index contributed by atoms with van der Waals surface area (Å²) in [5.41, 5.74) is 1.28. The highest BCUT2D eigenvalue weighted by Gasteiger charge is 2.27. The van der Waals surface area contributed by atoms with Crippen LogP contribution in [0.5, 0.6) is 0 Å². The molecule has 0 aromatic heterocycles. The number of carbonyl (C=O) groups is 3. The molecule has 0 spiro atoms. The first kappa shape index (κ1) is 26.6. The first-order valence-corrected chi connectivity index (χ1v) is 13.2. The van der Waals surface area contributed by atoms with Gasteiger partial charge >= 0.3 is 0 Å². The fourth-order valence-corrected chi connectivity index (χ4v) is 5.27. The zero-order chi connectivity index (χ0) is 27.3. The molecule has 2 N–H and O–H groups in total. The number of carbonyl (C=O) groups excluding carboxylic acids is 3. The Bertz CT molecular complexity index is 1520. The van der Waals surface area contributed by atoms with Crippen LogP contribution < -0.4 is 20.0 Å². The van der Waals surface area contributed by atoms with E-state index >= 15 is 0 Å². The van der Waals surface area contributed by atoms with E-state index in [-0.39, 0.29) is 30.4 Å². The Morgan fingerprint density at radius 1 is 1.03 bits per heavy atom. The van der Waals surface area contributed by atoms with Crippen LogP contribution in [0.25, 0.3) is 10.8 Å². The summed E-state index contributed by atoms with van der Waals surface area (Å²) in [6, 6.07) is 18.6. The lowest BCUT2D eigenvalue weighted by Gasteiger charge is -2.35. The van der Waals surface area contributed by atoms with Gasteiger partial charge in [0.2, 0.25) is 21.8 Å². The van der Waals surface area contributed by atoms with Gasteiger partial charge in [-0.25, -0.2) is 13.1 Å². The van der Waals surface area contributed by atoms with Crippen molar-refractivity contribution in [1.82, 2.24) is 14.9 Å². The van der Waals surface area contributed by atoms with Gasteiger partial charge in [-0.3, -0.25) is 9.59 Å². The average molecular weight is 535 g/mol. The first-order chi connectivity index (χ1) is 18.2. The lowest BCUT2D eigenvalue weighted by atomic mass is 10.1. The second-order valence-corrected chi connectivity index (χ2v) is 10.4. The third-order valence-electron chi connectivity index (χ3n) is 6.13. The summed E-state index contributed by atoms with van der Waals surface area (Å²) >= 11 is 0. The quantitative estimate of drug-likeness (QED) is 0.374. The van der Waals surface area contributed by atoms with Gasteiger partial charge in [-0.15, -0.1) is 0 Å². The van der Waals surface area contributed by atoms with Crippen LogP contribution in [0.1, 0.15) is 5.56 Å². The minimum atomic E-state index is -4.23. The van der Waals surface area contributed by atoms with Crippen molar-refractivity contribution in [2.75, 3.05) is 37.6 Å². The van der Waals surface area contributed by atoms with Crippen LogP contribution in [0.4, 0.5) is 5.69 Å². The van der Waals surface area contributed by atoms with E-state index in [1.54, 1.807) is 42.5 Å². The number of benzene rings is 3. The van der Waals surface area contributed by atoms with Gasteiger partial charge in [-0.05, 0) is 47.2 Å². The zero-order valence-electron chi connectivity index (χ0n) is 20.2. The number of piperazine rings is 1. The Labute approximate surface area is 219 Å². The molecule has 0 radical (unpaired) electrons. The Balaban J connectivity index is 1.32. The molecule has 1 saturated heterocycles. The van der Waals surface area contributed by atoms with Crippen molar-refractivity contribution in [2.24, 2.45) is 0 Å². The van der Waals surface area contributed by atoms with Gasteiger partial charge in [0.05, 0.1) is 41.6 Å². The van der Waals surface area contributed by atoms with Crippen LogP contribution in [0.3, 0.4) is 0 Å². The monoisotopic (exact) mass is 534 g/mol. The molecule has 0 aliphatic carbocycles. The number of sulfonamides is 1. The van der Waals surface area contributed by atoms with Crippen molar-refractivity contribution >= 4 is 44.3 Å². The Hall–Kier alpha value is -4.47. The molecule has 196 valence electrons. The summed E-state index contributed by atoms with van der Waals surface area (Å²) in [5.74, 6) is -2.65. The topological polar surface area (TPSA) is 163 Å². The summed E-state index contributed by atoms with van der Waals surface area (Å²) in [4.78, 5) is 39.7. The van der Waals surface area contributed by atoms with Gasteiger partial charge < -0.3 is 25.0 Å². The van der Waals surface area contributed by atoms with Gasteiger partial charge in [0.15, 0.2) is 0 Å². The second-order valence-electron chi connectivity index (χ2n) is 8.70. The van der Waals surface area contributed by atoms with Crippen LogP contribution in [-0.2, 0) is 24.4 Å². The van der Waals surface area contributed by atoms with Crippen LogP contribution >= 0.6 is 0 Å². The molecule has 4 rings (SSSR count). The van der Waals surface area contributed by atoms with Crippen molar-refractivity contribution in [1.29, 1.82) is 5.26 Å².